The Balaban J connectivity index is 2.15. The Morgan fingerprint density at radius 2 is 2.22 bits per heavy atom. The average molecular weight is 260 g/mol. The maximum Gasteiger partial charge on any atom is 0.0418 e. The second-order valence-corrected chi connectivity index (χ2v) is 5.70. The molecule has 1 fully saturated rings. The number of piperidine rings is 1. The third-order valence-electron chi connectivity index (χ3n) is 3.29. The molecule has 1 nitrogen and oxygen atoms in total. The number of benzene rings is 1. The molecule has 0 aliphatic carbocycles. The van der Waals surface area contributed by atoms with Gasteiger partial charge < -0.3 is 5.32 Å². The van der Waals surface area contributed by atoms with Crippen LogP contribution in [0.1, 0.15) is 25.8 Å². The highest BCUT2D eigenvalue weighted by atomic mass is 35.5. The molecule has 1 saturated heterocycles. The Labute approximate surface area is 114 Å². The number of hydrogen-bond donors (Lipinski definition) is 1. The van der Waals surface area contributed by atoms with E-state index in [-0.39, 0.29) is 5.41 Å². The molecule has 0 unspecified atom stereocenters. The van der Waals surface area contributed by atoms with E-state index in [9.17, 15) is 0 Å². The molecule has 0 aromatic heterocycles. The summed E-state index contributed by atoms with van der Waals surface area (Å²) < 4.78 is 0. The first-order chi connectivity index (χ1) is 8.58. The predicted octanol–water partition coefficient (Wildman–Crippen LogP) is 3.64. The van der Waals surface area contributed by atoms with E-state index in [4.69, 9.17) is 11.6 Å². The van der Waals surface area contributed by atoms with Crippen molar-refractivity contribution < 1.29 is 0 Å². The van der Waals surface area contributed by atoms with Gasteiger partial charge in [-0.15, -0.1) is 0 Å². The number of halogens is 1. The zero-order valence-electron chi connectivity index (χ0n) is 10.9. The lowest BCUT2D eigenvalue weighted by Crippen LogP contribution is -2.37. The molecule has 0 amide bonds. The van der Waals surface area contributed by atoms with Crippen LogP contribution in [0.3, 0.4) is 0 Å². The maximum atomic E-state index is 5.93. The van der Waals surface area contributed by atoms with Crippen LogP contribution in [-0.4, -0.2) is 13.1 Å². The van der Waals surface area contributed by atoms with Gasteiger partial charge in [-0.3, -0.25) is 0 Å². The van der Waals surface area contributed by atoms with Crippen LogP contribution in [0.2, 0.25) is 5.02 Å². The highest BCUT2D eigenvalue weighted by molar-refractivity contribution is 6.30. The SMILES string of the molecule is CC1(C)CNCCC1=CC#Cc1cccc(Cl)c1. The number of nitrogens with one attached hydrogen (secondary N) is 1. The molecule has 94 valence electrons. The summed E-state index contributed by atoms with van der Waals surface area (Å²) in [6.45, 7) is 6.59. The van der Waals surface area contributed by atoms with Gasteiger partial charge in [-0.1, -0.05) is 48.9 Å². The van der Waals surface area contributed by atoms with Crippen LogP contribution in [0.25, 0.3) is 0 Å². The third-order valence-corrected chi connectivity index (χ3v) is 3.53. The Hall–Kier alpha value is -1.23. The molecular formula is C16H18ClN. The van der Waals surface area contributed by atoms with Crippen LogP contribution in [0.5, 0.6) is 0 Å². The molecule has 0 radical (unpaired) electrons. The van der Waals surface area contributed by atoms with Crippen molar-refractivity contribution in [2.45, 2.75) is 20.3 Å². The highest BCUT2D eigenvalue weighted by Gasteiger charge is 2.25. The van der Waals surface area contributed by atoms with Crippen molar-refractivity contribution >= 4 is 11.6 Å². The minimum absolute atomic E-state index is 0.210. The third kappa shape index (κ3) is 3.38. The summed E-state index contributed by atoms with van der Waals surface area (Å²) >= 11 is 5.93. The van der Waals surface area contributed by atoms with Gasteiger partial charge in [-0.25, -0.2) is 0 Å². The topological polar surface area (TPSA) is 12.0 Å². The summed E-state index contributed by atoms with van der Waals surface area (Å²) in [7, 11) is 0. The fourth-order valence-corrected chi connectivity index (χ4v) is 2.31. The standard InChI is InChI=1S/C16H18ClN/c1-16(2)12-18-10-9-14(16)7-3-5-13-6-4-8-15(17)11-13/h4,6-8,11,18H,9-10,12H2,1-2H3. The van der Waals surface area contributed by atoms with Gasteiger partial charge in [0.25, 0.3) is 0 Å². The molecule has 1 aliphatic heterocycles. The van der Waals surface area contributed by atoms with E-state index in [0.29, 0.717) is 0 Å². The summed E-state index contributed by atoms with van der Waals surface area (Å²) in [5, 5.41) is 4.15. The molecule has 1 N–H and O–H groups in total. The summed E-state index contributed by atoms with van der Waals surface area (Å²) in [4.78, 5) is 0. The smallest absolute Gasteiger partial charge is 0.0418 e. The number of hydrogen-bond acceptors (Lipinski definition) is 1. The summed E-state index contributed by atoms with van der Waals surface area (Å²) in [6, 6.07) is 7.65. The molecule has 0 saturated carbocycles. The van der Waals surface area contributed by atoms with Gasteiger partial charge in [-0.2, -0.15) is 0 Å². The Bertz CT molecular complexity index is 517. The van der Waals surface area contributed by atoms with Gasteiger partial charge in [0.05, 0.1) is 0 Å². The van der Waals surface area contributed by atoms with E-state index in [0.717, 1.165) is 30.1 Å². The summed E-state index contributed by atoms with van der Waals surface area (Å²) in [5.41, 5.74) is 2.60. The molecule has 1 heterocycles. The van der Waals surface area contributed by atoms with Gasteiger partial charge in [0.1, 0.15) is 0 Å². The zero-order valence-corrected chi connectivity index (χ0v) is 11.6. The number of allylic oxidation sites excluding steroid dienone is 1. The molecule has 0 atom stereocenters. The molecule has 1 aliphatic rings. The lowest BCUT2D eigenvalue weighted by atomic mass is 9.79. The normalized spacial score (nSPS) is 20.3. The Kier molecular flexibility index (Phi) is 4.11. The van der Waals surface area contributed by atoms with Crippen molar-refractivity contribution in [2.75, 3.05) is 13.1 Å². The van der Waals surface area contributed by atoms with Crippen LogP contribution < -0.4 is 5.32 Å². The molecule has 1 aromatic carbocycles. The lowest BCUT2D eigenvalue weighted by Gasteiger charge is -2.33. The lowest BCUT2D eigenvalue weighted by molar-refractivity contribution is 0.357. The molecule has 2 heteroatoms. The minimum Gasteiger partial charge on any atom is -0.316 e. The second kappa shape index (κ2) is 5.61. The first-order valence-corrected chi connectivity index (χ1v) is 6.63. The Morgan fingerprint density at radius 1 is 1.39 bits per heavy atom. The largest absolute Gasteiger partial charge is 0.316 e. The minimum atomic E-state index is 0.210. The number of rotatable bonds is 0. The molecular weight excluding hydrogens is 242 g/mol. The summed E-state index contributed by atoms with van der Waals surface area (Å²) in [5.74, 6) is 6.30. The van der Waals surface area contributed by atoms with Crippen molar-refractivity contribution in [3.8, 4) is 11.8 Å². The first-order valence-electron chi connectivity index (χ1n) is 6.25. The van der Waals surface area contributed by atoms with Crippen LogP contribution in [-0.2, 0) is 0 Å². The molecule has 0 bridgehead atoms. The highest BCUT2D eigenvalue weighted by Crippen LogP contribution is 2.30. The van der Waals surface area contributed by atoms with Gasteiger partial charge in [0.15, 0.2) is 0 Å². The fourth-order valence-electron chi connectivity index (χ4n) is 2.12. The molecule has 1 aromatic rings. The van der Waals surface area contributed by atoms with E-state index >= 15 is 0 Å². The van der Waals surface area contributed by atoms with Crippen molar-refractivity contribution in [3.05, 3.63) is 46.5 Å². The van der Waals surface area contributed by atoms with E-state index in [2.05, 4.69) is 37.1 Å². The van der Waals surface area contributed by atoms with E-state index < -0.39 is 0 Å². The van der Waals surface area contributed by atoms with Crippen molar-refractivity contribution in [1.29, 1.82) is 0 Å². The van der Waals surface area contributed by atoms with Crippen LogP contribution in [0, 0.1) is 17.3 Å². The Morgan fingerprint density at radius 3 is 2.94 bits per heavy atom. The molecule has 2 rings (SSSR count). The van der Waals surface area contributed by atoms with Gasteiger partial charge in [0.2, 0.25) is 0 Å². The summed E-state index contributed by atoms with van der Waals surface area (Å²) in [6.07, 6.45) is 3.15. The second-order valence-electron chi connectivity index (χ2n) is 5.26. The fraction of sp³-hybridized carbons (Fsp3) is 0.375. The van der Waals surface area contributed by atoms with Gasteiger partial charge in [0, 0.05) is 17.1 Å². The maximum absolute atomic E-state index is 5.93. The van der Waals surface area contributed by atoms with E-state index in [1.807, 2.05) is 24.3 Å². The van der Waals surface area contributed by atoms with E-state index in [1.165, 1.54) is 5.57 Å². The van der Waals surface area contributed by atoms with Gasteiger partial charge in [-0.05, 0) is 42.7 Å². The van der Waals surface area contributed by atoms with Crippen LogP contribution in [0.15, 0.2) is 35.9 Å². The van der Waals surface area contributed by atoms with Crippen molar-refractivity contribution in [3.63, 3.8) is 0 Å². The van der Waals surface area contributed by atoms with E-state index in [1.54, 1.807) is 0 Å². The van der Waals surface area contributed by atoms with Crippen LogP contribution >= 0.6 is 11.6 Å². The van der Waals surface area contributed by atoms with Crippen molar-refractivity contribution in [2.24, 2.45) is 5.41 Å². The average Bonchev–Trinajstić information content (AvgIpc) is 2.31. The first kappa shape index (κ1) is 13.2. The zero-order chi connectivity index (χ0) is 13.0. The predicted molar refractivity (Wildman–Crippen MR) is 77.7 cm³/mol. The van der Waals surface area contributed by atoms with Gasteiger partial charge >= 0.3 is 0 Å². The van der Waals surface area contributed by atoms with Crippen molar-refractivity contribution in [1.82, 2.24) is 5.32 Å². The molecule has 18 heavy (non-hydrogen) atoms. The quantitative estimate of drug-likeness (QED) is 0.702. The van der Waals surface area contributed by atoms with Crippen LogP contribution in [0.4, 0.5) is 0 Å². The molecule has 0 spiro atoms. The monoisotopic (exact) mass is 259 g/mol.